The van der Waals surface area contributed by atoms with Gasteiger partial charge in [-0.25, -0.2) is 0 Å². The molecule has 2 aliphatic heterocycles. The number of aliphatic hydroxyl groups excluding tert-OH is 1. The first kappa shape index (κ1) is 19.2. The molecule has 150 valence electrons. The van der Waals surface area contributed by atoms with Crippen LogP contribution in [0.3, 0.4) is 0 Å². The van der Waals surface area contributed by atoms with E-state index in [9.17, 15) is 9.90 Å². The number of piperidine rings is 1. The van der Waals surface area contributed by atoms with Gasteiger partial charge in [-0.05, 0) is 62.2 Å². The fraction of sp³-hybridized carbons (Fsp3) is 0.500. The van der Waals surface area contributed by atoms with Crippen LogP contribution in [0.5, 0.6) is 5.75 Å². The summed E-state index contributed by atoms with van der Waals surface area (Å²) in [5.74, 6) is 0.419. The maximum atomic E-state index is 12.6. The van der Waals surface area contributed by atoms with E-state index < -0.39 is 17.2 Å². The van der Waals surface area contributed by atoms with Gasteiger partial charge in [0.1, 0.15) is 11.9 Å². The minimum Gasteiger partial charge on any atom is -0.484 e. The molecule has 6 heteroatoms. The van der Waals surface area contributed by atoms with Gasteiger partial charge in [-0.15, -0.1) is 0 Å². The number of amides is 1. The Morgan fingerprint density at radius 1 is 1.21 bits per heavy atom. The maximum absolute atomic E-state index is 12.6. The molecule has 2 aromatic carbocycles. The van der Waals surface area contributed by atoms with E-state index in [1.54, 1.807) is 0 Å². The normalized spacial score (nSPS) is 26.9. The summed E-state index contributed by atoms with van der Waals surface area (Å²) < 4.78 is 11.7. The summed E-state index contributed by atoms with van der Waals surface area (Å²) in [6, 6.07) is 13.8. The van der Waals surface area contributed by atoms with E-state index in [1.165, 1.54) is 0 Å². The fourth-order valence-corrected chi connectivity index (χ4v) is 4.42. The van der Waals surface area contributed by atoms with Crippen molar-refractivity contribution < 1.29 is 19.4 Å². The number of fused-ring (bicyclic) bond motifs is 1. The van der Waals surface area contributed by atoms with Gasteiger partial charge in [0.05, 0.1) is 11.1 Å². The molecule has 2 atom stereocenters. The summed E-state index contributed by atoms with van der Waals surface area (Å²) in [4.78, 5) is 12.6. The van der Waals surface area contributed by atoms with Crippen molar-refractivity contribution in [3.8, 4) is 5.75 Å². The topological polar surface area (TPSA) is 79.8 Å². The van der Waals surface area contributed by atoms with Crippen LogP contribution in [0.1, 0.15) is 26.2 Å². The SMILES string of the molecule is C[C@@]1(NC(=O)COc2ccc3ccccc3c2)CCOC2(CCNCC2)[C@H]1O. The van der Waals surface area contributed by atoms with Gasteiger partial charge in [-0.2, -0.15) is 0 Å². The lowest BCUT2D eigenvalue weighted by Gasteiger charge is -2.52. The average molecular weight is 384 g/mol. The largest absolute Gasteiger partial charge is 0.484 e. The third kappa shape index (κ3) is 3.72. The summed E-state index contributed by atoms with van der Waals surface area (Å²) in [5, 5.41) is 19.6. The molecule has 2 aliphatic rings. The third-order valence-corrected chi connectivity index (χ3v) is 6.08. The van der Waals surface area contributed by atoms with Crippen LogP contribution < -0.4 is 15.4 Å². The number of carbonyl (C=O) groups is 1. The quantitative estimate of drug-likeness (QED) is 0.751. The molecule has 0 saturated carbocycles. The lowest BCUT2D eigenvalue weighted by molar-refractivity contribution is -0.200. The highest BCUT2D eigenvalue weighted by molar-refractivity contribution is 5.84. The maximum Gasteiger partial charge on any atom is 0.258 e. The lowest BCUT2D eigenvalue weighted by Crippen LogP contribution is -2.69. The van der Waals surface area contributed by atoms with Gasteiger partial charge in [0.15, 0.2) is 6.61 Å². The van der Waals surface area contributed by atoms with Gasteiger partial charge in [-0.1, -0.05) is 30.3 Å². The highest BCUT2D eigenvalue weighted by Gasteiger charge is 2.53. The summed E-state index contributed by atoms with van der Waals surface area (Å²) in [7, 11) is 0. The highest BCUT2D eigenvalue weighted by atomic mass is 16.5. The van der Waals surface area contributed by atoms with Gasteiger partial charge in [-0.3, -0.25) is 4.79 Å². The molecule has 4 rings (SSSR count). The molecule has 28 heavy (non-hydrogen) atoms. The van der Waals surface area contributed by atoms with Gasteiger partial charge in [0, 0.05) is 6.61 Å². The number of aliphatic hydroxyl groups is 1. The second-order valence-electron chi connectivity index (χ2n) is 8.08. The Balaban J connectivity index is 1.39. The molecule has 0 aliphatic carbocycles. The third-order valence-electron chi connectivity index (χ3n) is 6.08. The highest BCUT2D eigenvalue weighted by Crippen LogP contribution is 2.38. The first-order valence-electron chi connectivity index (χ1n) is 9.96. The Morgan fingerprint density at radius 2 is 1.96 bits per heavy atom. The summed E-state index contributed by atoms with van der Waals surface area (Å²) >= 11 is 0. The van der Waals surface area contributed by atoms with Crippen molar-refractivity contribution in [1.29, 1.82) is 0 Å². The lowest BCUT2D eigenvalue weighted by atomic mass is 9.73. The standard InChI is InChI=1S/C22H28N2O4/c1-21(10-13-28-22(20(21)26)8-11-23-12-9-22)24-19(25)15-27-18-7-6-16-4-2-3-5-17(16)14-18/h2-7,14,20,23,26H,8-13,15H2,1H3,(H,24,25)/t20-,21+/m0/s1. The molecule has 2 heterocycles. The molecule has 2 aromatic rings. The Bertz CT molecular complexity index is 844. The van der Waals surface area contributed by atoms with E-state index in [4.69, 9.17) is 9.47 Å². The van der Waals surface area contributed by atoms with E-state index in [2.05, 4.69) is 10.6 Å². The number of hydrogen-bond donors (Lipinski definition) is 3. The van der Waals surface area contributed by atoms with Crippen LogP contribution in [0.4, 0.5) is 0 Å². The van der Waals surface area contributed by atoms with Crippen molar-refractivity contribution in [3.63, 3.8) is 0 Å². The molecule has 2 fully saturated rings. The van der Waals surface area contributed by atoms with E-state index in [-0.39, 0.29) is 12.5 Å². The predicted octanol–water partition coefficient (Wildman–Crippen LogP) is 2.00. The predicted molar refractivity (Wildman–Crippen MR) is 107 cm³/mol. The van der Waals surface area contributed by atoms with Gasteiger partial charge < -0.3 is 25.2 Å². The molecule has 6 nitrogen and oxygen atoms in total. The Kier molecular flexibility index (Phi) is 5.27. The molecule has 0 aromatic heterocycles. The van der Waals surface area contributed by atoms with Gasteiger partial charge >= 0.3 is 0 Å². The van der Waals surface area contributed by atoms with Crippen molar-refractivity contribution in [1.82, 2.24) is 10.6 Å². The van der Waals surface area contributed by atoms with E-state index >= 15 is 0 Å². The first-order chi connectivity index (χ1) is 13.5. The molecule has 0 bridgehead atoms. The molecule has 0 radical (unpaired) electrons. The zero-order chi connectivity index (χ0) is 19.6. The van der Waals surface area contributed by atoms with Crippen LogP contribution in [0.25, 0.3) is 10.8 Å². The number of ether oxygens (including phenoxy) is 2. The average Bonchev–Trinajstić information content (AvgIpc) is 2.71. The second kappa shape index (κ2) is 7.70. The number of rotatable bonds is 4. The monoisotopic (exact) mass is 384 g/mol. The van der Waals surface area contributed by atoms with Gasteiger partial charge in [0.2, 0.25) is 0 Å². The number of benzene rings is 2. The van der Waals surface area contributed by atoms with Crippen molar-refractivity contribution >= 4 is 16.7 Å². The zero-order valence-corrected chi connectivity index (χ0v) is 16.2. The zero-order valence-electron chi connectivity index (χ0n) is 16.2. The van der Waals surface area contributed by atoms with Crippen LogP contribution in [0, 0.1) is 0 Å². The molecular weight excluding hydrogens is 356 g/mol. The van der Waals surface area contributed by atoms with Crippen molar-refractivity contribution in [2.24, 2.45) is 0 Å². The summed E-state index contributed by atoms with van der Waals surface area (Å²) in [6.07, 6.45) is 1.31. The van der Waals surface area contributed by atoms with Crippen LogP contribution in [-0.4, -0.2) is 54.6 Å². The second-order valence-corrected chi connectivity index (χ2v) is 8.08. The van der Waals surface area contributed by atoms with Crippen molar-refractivity contribution in [2.75, 3.05) is 26.3 Å². The van der Waals surface area contributed by atoms with Crippen LogP contribution >= 0.6 is 0 Å². The molecular formula is C22H28N2O4. The number of carbonyl (C=O) groups excluding carboxylic acids is 1. The van der Waals surface area contributed by atoms with Crippen LogP contribution in [-0.2, 0) is 9.53 Å². The van der Waals surface area contributed by atoms with Gasteiger partial charge in [0.25, 0.3) is 5.91 Å². The Labute approximate surface area is 165 Å². The fourth-order valence-electron chi connectivity index (χ4n) is 4.42. The molecule has 0 unspecified atom stereocenters. The summed E-state index contributed by atoms with van der Waals surface area (Å²) in [5.41, 5.74) is -1.30. The van der Waals surface area contributed by atoms with Crippen molar-refractivity contribution in [3.05, 3.63) is 42.5 Å². The molecule has 2 saturated heterocycles. The first-order valence-corrected chi connectivity index (χ1v) is 9.96. The molecule has 1 amide bonds. The molecule has 3 N–H and O–H groups in total. The van der Waals surface area contributed by atoms with Crippen LogP contribution in [0.15, 0.2) is 42.5 Å². The Morgan fingerprint density at radius 3 is 2.75 bits per heavy atom. The number of hydrogen-bond acceptors (Lipinski definition) is 5. The smallest absolute Gasteiger partial charge is 0.258 e. The van der Waals surface area contributed by atoms with E-state index in [0.29, 0.717) is 18.8 Å². The summed E-state index contributed by atoms with van der Waals surface area (Å²) in [6.45, 7) is 3.96. The molecule has 1 spiro atoms. The minimum atomic E-state index is -0.750. The number of nitrogens with one attached hydrogen (secondary N) is 2. The minimum absolute atomic E-state index is 0.0872. The Hall–Kier alpha value is -2.15. The van der Waals surface area contributed by atoms with Crippen LogP contribution in [0.2, 0.25) is 0 Å². The van der Waals surface area contributed by atoms with Crippen molar-refractivity contribution in [2.45, 2.75) is 43.4 Å². The van der Waals surface area contributed by atoms with E-state index in [1.807, 2.05) is 49.4 Å². The van der Waals surface area contributed by atoms with E-state index in [0.717, 1.165) is 36.7 Å².